The number of hydrogen-bond acceptors (Lipinski definition) is 6. The Bertz CT molecular complexity index is 1210. The summed E-state index contributed by atoms with van der Waals surface area (Å²) in [4.78, 5) is 52.2. The van der Waals surface area contributed by atoms with E-state index in [0.717, 1.165) is 22.0 Å². The van der Waals surface area contributed by atoms with Crippen molar-refractivity contribution in [1.29, 1.82) is 0 Å². The highest BCUT2D eigenvalue weighted by molar-refractivity contribution is 5.94. The van der Waals surface area contributed by atoms with Gasteiger partial charge in [0.1, 0.15) is 18.6 Å². The quantitative estimate of drug-likeness (QED) is 0.175. The fourth-order valence-electron chi connectivity index (χ4n) is 3.72. The van der Waals surface area contributed by atoms with E-state index in [1.165, 1.54) is 0 Å². The Labute approximate surface area is 207 Å². The van der Waals surface area contributed by atoms with Gasteiger partial charge in [0.25, 0.3) is 0 Å². The third-order valence-corrected chi connectivity index (χ3v) is 5.60. The first-order chi connectivity index (χ1) is 17.3. The molecule has 0 bridgehead atoms. The SMILES string of the molecule is NC(Cc1ccccc1)C(=O)NC(CO)C(=O)NC(Cc1c[nH]c2ccccc12)C(=O)NCC(=O)O. The summed E-state index contributed by atoms with van der Waals surface area (Å²) < 4.78 is 0. The zero-order valence-electron chi connectivity index (χ0n) is 19.4. The number of H-pyrrole nitrogens is 1. The van der Waals surface area contributed by atoms with Crippen LogP contribution in [0.3, 0.4) is 0 Å². The number of fused-ring (bicyclic) bond motifs is 1. The monoisotopic (exact) mass is 495 g/mol. The van der Waals surface area contributed by atoms with Crippen LogP contribution in [0.1, 0.15) is 11.1 Å². The predicted octanol–water partition coefficient (Wildman–Crippen LogP) is -0.557. The molecule has 11 nitrogen and oxygen atoms in total. The second-order valence-electron chi connectivity index (χ2n) is 8.28. The molecule has 0 saturated heterocycles. The number of para-hydroxylation sites is 1. The first-order valence-electron chi connectivity index (χ1n) is 11.3. The molecule has 0 saturated carbocycles. The summed E-state index contributed by atoms with van der Waals surface area (Å²) in [5.74, 6) is -3.42. The number of aromatic amines is 1. The summed E-state index contributed by atoms with van der Waals surface area (Å²) in [6.07, 6.45) is 1.97. The van der Waals surface area contributed by atoms with Crippen molar-refractivity contribution in [2.45, 2.75) is 31.0 Å². The molecule has 0 radical (unpaired) electrons. The highest BCUT2D eigenvalue weighted by Crippen LogP contribution is 2.19. The summed E-state index contributed by atoms with van der Waals surface area (Å²) in [5, 5.41) is 26.7. The minimum atomic E-state index is -1.36. The van der Waals surface area contributed by atoms with Crippen molar-refractivity contribution < 1.29 is 29.4 Å². The van der Waals surface area contributed by atoms with Gasteiger partial charge in [0.15, 0.2) is 0 Å². The Morgan fingerprint density at radius 1 is 0.861 bits per heavy atom. The van der Waals surface area contributed by atoms with Crippen LogP contribution in [-0.4, -0.2) is 70.2 Å². The Morgan fingerprint density at radius 3 is 2.22 bits per heavy atom. The molecule has 0 spiro atoms. The molecule has 11 heteroatoms. The maximum absolute atomic E-state index is 12.9. The average Bonchev–Trinajstić information content (AvgIpc) is 3.28. The van der Waals surface area contributed by atoms with Crippen LogP contribution in [0, 0.1) is 0 Å². The molecular formula is C25H29N5O6. The summed E-state index contributed by atoms with van der Waals surface area (Å²) in [5.41, 5.74) is 8.35. The summed E-state index contributed by atoms with van der Waals surface area (Å²) >= 11 is 0. The van der Waals surface area contributed by atoms with Crippen LogP contribution in [-0.2, 0) is 32.0 Å². The van der Waals surface area contributed by atoms with Gasteiger partial charge in [-0.25, -0.2) is 0 Å². The fourth-order valence-corrected chi connectivity index (χ4v) is 3.72. The van der Waals surface area contributed by atoms with Crippen LogP contribution in [0.5, 0.6) is 0 Å². The van der Waals surface area contributed by atoms with E-state index in [9.17, 15) is 24.3 Å². The van der Waals surface area contributed by atoms with E-state index in [-0.39, 0.29) is 12.8 Å². The lowest BCUT2D eigenvalue weighted by Crippen LogP contribution is -2.57. The number of amides is 3. The van der Waals surface area contributed by atoms with Gasteiger partial charge in [0, 0.05) is 23.5 Å². The number of hydrogen-bond donors (Lipinski definition) is 7. The lowest BCUT2D eigenvalue weighted by Gasteiger charge is -2.23. The maximum Gasteiger partial charge on any atom is 0.322 e. The molecule has 0 aliphatic carbocycles. The molecule has 190 valence electrons. The molecule has 0 aliphatic rings. The molecule has 8 N–H and O–H groups in total. The largest absolute Gasteiger partial charge is 0.480 e. The van der Waals surface area contributed by atoms with Gasteiger partial charge < -0.3 is 36.9 Å². The lowest BCUT2D eigenvalue weighted by molar-refractivity contribution is -0.138. The number of carbonyl (C=O) groups is 4. The molecule has 3 unspecified atom stereocenters. The molecule has 3 aromatic rings. The third-order valence-electron chi connectivity index (χ3n) is 5.60. The van der Waals surface area contributed by atoms with Gasteiger partial charge in [0.2, 0.25) is 17.7 Å². The van der Waals surface area contributed by atoms with E-state index in [2.05, 4.69) is 20.9 Å². The lowest BCUT2D eigenvalue weighted by atomic mass is 10.0. The summed E-state index contributed by atoms with van der Waals surface area (Å²) in [7, 11) is 0. The van der Waals surface area contributed by atoms with Crippen LogP contribution < -0.4 is 21.7 Å². The van der Waals surface area contributed by atoms with Gasteiger partial charge >= 0.3 is 5.97 Å². The molecular weight excluding hydrogens is 466 g/mol. The van der Waals surface area contributed by atoms with Crippen LogP contribution in [0.4, 0.5) is 0 Å². The number of carboxylic acid groups (broad SMARTS) is 1. The average molecular weight is 496 g/mol. The molecule has 2 aromatic carbocycles. The van der Waals surface area contributed by atoms with Gasteiger partial charge in [-0.15, -0.1) is 0 Å². The number of aliphatic hydroxyl groups excluding tert-OH is 1. The number of aliphatic carboxylic acids is 1. The Balaban J connectivity index is 1.69. The van der Waals surface area contributed by atoms with Crippen LogP contribution in [0.25, 0.3) is 10.9 Å². The predicted molar refractivity (Wildman–Crippen MR) is 132 cm³/mol. The number of rotatable bonds is 12. The molecule has 3 atom stereocenters. The fraction of sp³-hybridized carbons (Fsp3) is 0.280. The van der Waals surface area contributed by atoms with E-state index in [0.29, 0.717) is 0 Å². The Hall–Kier alpha value is -4.22. The highest BCUT2D eigenvalue weighted by atomic mass is 16.4. The molecule has 0 fully saturated rings. The van der Waals surface area contributed by atoms with Crippen molar-refractivity contribution in [3.63, 3.8) is 0 Å². The molecule has 3 amide bonds. The van der Waals surface area contributed by atoms with Crippen LogP contribution >= 0.6 is 0 Å². The normalized spacial score (nSPS) is 13.4. The van der Waals surface area contributed by atoms with Crippen LogP contribution in [0.2, 0.25) is 0 Å². The van der Waals surface area contributed by atoms with E-state index in [4.69, 9.17) is 10.8 Å². The first kappa shape index (κ1) is 26.4. The van der Waals surface area contributed by atoms with Crippen molar-refractivity contribution in [2.24, 2.45) is 5.73 Å². The van der Waals surface area contributed by atoms with Crippen molar-refractivity contribution in [2.75, 3.05) is 13.2 Å². The first-order valence-corrected chi connectivity index (χ1v) is 11.3. The van der Waals surface area contributed by atoms with E-state index in [1.807, 2.05) is 54.6 Å². The maximum atomic E-state index is 12.9. The Kier molecular flexibility index (Phi) is 9.14. The van der Waals surface area contributed by atoms with Gasteiger partial charge in [0.05, 0.1) is 12.6 Å². The zero-order chi connectivity index (χ0) is 26.1. The second kappa shape index (κ2) is 12.5. The van der Waals surface area contributed by atoms with Gasteiger partial charge in [-0.3, -0.25) is 19.2 Å². The number of aromatic nitrogens is 1. The van der Waals surface area contributed by atoms with Crippen LogP contribution in [0.15, 0.2) is 60.8 Å². The molecule has 0 aliphatic heterocycles. The van der Waals surface area contributed by atoms with Gasteiger partial charge in [-0.2, -0.15) is 0 Å². The van der Waals surface area contributed by atoms with E-state index >= 15 is 0 Å². The van der Waals surface area contributed by atoms with Crippen molar-refractivity contribution in [3.8, 4) is 0 Å². The topological polar surface area (TPSA) is 187 Å². The number of carbonyl (C=O) groups excluding carboxylic acids is 3. The molecule has 3 rings (SSSR count). The second-order valence-corrected chi connectivity index (χ2v) is 8.28. The molecule has 1 aromatic heterocycles. The van der Waals surface area contributed by atoms with Crippen molar-refractivity contribution >= 4 is 34.6 Å². The van der Waals surface area contributed by atoms with Crippen molar-refractivity contribution in [3.05, 3.63) is 71.9 Å². The number of nitrogens with two attached hydrogens (primary N) is 1. The third kappa shape index (κ3) is 7.14. The summed E-state index contributed by atoms with van der Waals surface area (Å²) in [6.45, 7) is -1.36. The van der Waals surface area contributed by atoms with E-state index in [1.54, 1.807) is 6.20 Å². The number of carboxylic acids is 1. The zero-order valence-corrected chi connectivity index (χ0v) is 19.4. The summed E-state index contributed by atoms with van der Waals surface area (Å²) in [6, 6.07) is 13.0. The standard InChI is InChI=1S/C25H29N5O6/c26-18(10-15-6-2-1-3-7-15)23(34)30-21(14-31)25(36)29-20(24(35)28-13-22(32)33)11-16-12-27-19-9-5-4-8-17(16)19/h1-9,12,18,20-21,27,31H,10-11,13-14,26H2,(H,28,35)(H,29,36)(H,30,34)(H,32,33). The number of aliphatic hydroxyl groups is 1. The Morgan fingerprint density at radius 2 is 1.53 bits per heavy atom. The number of nitrogens with one attached hydrogen (secondary N) is 4. The number of benzene rings is 2. The smallest absolute Gasteiger partial charge is 0.322 e. The molecule has 1 heterocycles. The van der Waals surface area contributed by atoms with Gasteiger partial charge in [-0.05, 0) is 23.6 Å². The molecule has 36 heavy (non-hydrogen) atoms. The highest BCUT2D eigenvalue weighted by Gasteiger charge is 2.28. The van der Waals surface area contributed by atoms with E-state index < -0.39 is 55.0 Å². The minimum absolute atomic E-state index is 0.0425. The van der Waals surface area contributed by atoms with Crippen molar-refractivity contribution in [1.82, 2.24) is 20.9 Å². The van der Waals surface area contributed by atoms with Gasteiger partial charge in [-0.1, -0.05) is 48.5 Å². The minimum Gasteiger partial charge on any atom is -0.480 e.